The average molecular weight is 274 g/mol. The van der Waals surface area contributed by atoms with E-state index in [1.807, 2.05) is 0 Å². The lowest BCUT2D eigenvalue weighted by Gasteiger charge is -2.39. The zero-order chi connectivity index (χ0) is 13.6. The van der Waals surface area contributed by atoms with Gasteiger partial charge in [0.15, 0.2) is 0 Å². The zero-order valence-corrected chi connectivity index (χ0v) is 13.2. The smallest absolute Gasteiger partial charge is 0.150 e. The maximum atomic E-state index is 11.5. The molecule has 18 heavy (non-hydrogen) atoms. The molecule has 2 nitrogen and oxygen atoms in total. The molecule has 1 aliphatic rings. The Labute approximate surface area is 113 Å². The average Bonchev–Trinajstić information content (AvgIpc) is 2.34. The van der Waals surface area contributed by atoms with Crippen molar-refractivity contribution in [3.05, 3.63) is 0 Å². The second kappa shape index (κ2) is 6.93. The van der Waals surface area contributed by atoms with Crippen LogP contribution >= 0.6 is 0 Å². The normalized spacial score (nSPS) is 23.7. The molecule has 1 fully saturated rings. The van der Waals surface area contributed by atoms with Gasteiger partial charge in [0.25, 0.3) is 0 Å². The molecule has 0 aliphatic carbocycles. The fourth-order valence-corrected chi connectivity index (χ4v) is 4.70. The van der Waals surface area contributed by atoms with Crippen LogP contribution in [0.2, 0.25) is 0 Å². The third kappa shape index (κ3) is 4.56. The zero-order valence-electron chi connectivity index (χ0n) is 12.4. The van der Waals surface area contributed by atoms with E-state index in [1.165, 1.54) is 38.5 Å². The molecule has 0 aromatic carbocycles. The molecule has 1 rings (SSSR count). The SMILES string of the molecule is CCCCCCC(C)(CC)C1CCS(=O)(=O)CC1. The first-order valence-corrected chi connectivity index (χ1v) is 9.46. The lowest BCUT2D eigenvalue weighted by Crippen LogP contribution is -2.34. The monoisotopic (exact) mass is 274 g/mol. The molecule has 0 aromatic heterocycles. The summed E-state index contributed by atoms with van der Waals surface area (Å²) < 4.78 is 23.0. The summed E-state index contributed by atoms with van der Waals surface area (Å²) in [7, 11) is -2.71. The van der Waals surface area contributed by atoms with Gasteiger partial charge < -0.3 is 0 Å². The summed E-state index contributed by atoms with van der Waals surface area (Å²) in [6.45, 7) is 6.88. The molecule has 108 valence electrons. The van der Waals surface area contributed by atoms with E-state index in [4.69, 9.17) is 0 Å². The van der Waals surface area contributed by atoms with Gasteiger partial charge >= 0.3 is 0 Å². The second-order valence-corrected chi connectivity index (χ2v) is 8.55. The van der Waals surface area contributed by atoms with Crippen LogP contribution in [0.25, 0.3) is 0 Å². The minimum absolute atomic E-state index is 0.365. The van der Waals surface area contributed by atoms with Crippen LogP contribution in [-0.2, 0) is 9.84 Å². The maximum Gasteiger partial charge on any atom is 0.150 e. The molecular weight excluding hydrogens is 244 g/mol. The predicted molar refractivity (Wildman–Crippen MR) is 78.5 cm³/mol. The molecule has 0 bridgehead atoms. The fraction of sp³-hybridized carbons (Fsp3) is 1.00. The number of unbranched alkanes of at least 4 members (excludes halogenated alkanes) is 3. The minimum Gasteiger partial charge on any atom is -0.229 e. The topological polar surface area (TPSA) is 34.1 Å². The quantitative estimate of drug-likeness (QED) is 0.652. The molecule has 1 saturated heterocycles. The van der Waals surface area contributed by atoms with Gasteiger partial charge in [-0.1, -0.05) is 52.9 Å². The molecule has 0 N–H and O–H groups in total. The first kappa shape index (κ1) is 16.0. The highest BCUT2D eigenvalue weighted by atomic mass is 32.2. The largest absolute Gasteiger partial charge is 0.229 e. The number of sulfone groups is 1. The van der Waals surface area contributed by atoms with E-state index < -0.39 is 9.84 Å². The molecule has 3 heteroatoms. The van der Waals surface area contributed by atoms with E-state index in [0.717, 1.165) is 12.8 Å². The van der Waals surface area contributed by atoms with Crippen molar-refractivity contribution in [1.29, 1.82) is 0 Å². The Morgan fingerprint density at radius 3 is 2.17 bits per heavy atom. The molecule has 1 heterocycles. The van der Waals surface area contributed by atoms with E-state index in [2.05, 4.69) is 20.8 Å². The van der Waals surface area contributed by atoms with Gasteiger partial charge in [-0.25, -0.2) is 8.42 Å². The standard InChI is InChI=1S/C15H30O2S/c1-4-6-7-8-11-15(3,5-2)14-9-12-18(16,17)13-10-14/h14H,4-13H2,1-3H3. The minimum atomic E-state index is -2.71. The van der Waals surface area contributed by atoms with Crippen molar-refractivity contribution in [2.45, 2.75) is 72.1 Å². The van der Waals surface area contributed by atoms with Crippen LogP contribution in [0.1, 0.15) is 72.1 Å². The molecule has 1 aliphatic heterocycles. The van der Waals surface area contributed by atoms with Gasteiger partial charge in [-0.3, -0.25) is 0 Å². The van der Waals surface area contributed by atoms with Crippen LogP contribution in [-0.4, -0.2) is 19.9 Å². The summed E-state index contributed by atoms with van der Waals surface area (Å²) in [5.41, 5.74) is 0.365. The highest BCUT2D eigenvalue weighted by Crippen LogP contribution is 2.42. The van der Waals surface area contributed by atoms with Crippen LogP contribution in [0.5, 0.6) is 0 Å². The summed E-state index contributed by atoms with van der Waals surface area (Å²) >= 11 is 0. The van der Waals surface area contributed by atoms with E-state index in [1.54, 1.807) is 0 Å². The van der Waals surface area contributed by atoms with Crippen LogP contribution in [0, 0.1) is 11.3 Å². The first-order valence-electron chi connectivity index (χ1n) is 7.64. The van der Waals surface area contributed by atoms with E-state index in [-0.39, 0.29) is 0 Å². The molecule has 0 aromatic rings. The van der Waals surface area contributed by atoms with Crippen LogP contribution in [0.4, 0.5) is 0 Å². The highest BCUT2D eigenvalue weighted by Gasteiger charge is 2.36. The van der Waals surface area contributed by atoms with Gasteiger partial charge in [-0.2, -0.15) is 0 Å². The Hall–Kier alpha value is -0.0500. The van der Waals surface area contributed by atoms with E-state index in [9.17, 15) is 8.42 Å². The molecule has 0 radical (unpaired) electrons. The van der Waals surface area contributed by atoms with Gasteiger partial charge in [-0.05, 0) is 30.6 Å². The van der Waals surface area contributed by atoms with Crippen molar-refractivity contribution in [3.8, 4) is 0 Å². The summed E-state index contributed by atoms with van der Waals surface area (Å²) in [6, 6.07) is 0. The van der Waals surface area contributed by atoms with Gasteiger partial charge in [0.1, 0.15) is 9.84 Å². The summed E-state index contributed by atoms with van der Waals surface area (Å²) in [4.78, 5) is 0. The Morgan fingerprint density at radius 1 is 1.06 bits per heavy atom. The highest BCUT2D eigenvalue weighted by molar-refractivity contribution is 7.91. The predicted octanol–water partition coefficient (Wildman–Crippen LogP) is 4.20. The molecule has 1 atom stereocenters. The van der Waals surface area contributed by atoms with Crippen molar-refractivity contribution in [3.63, 3.8) is 0 Å². The lowest BCUT2D eigenvalue weighted by molar-refractivity contribution is 0.143. The van der Waals surface area contributed by atoms with E-state index >= 15 is 0 Å². The van der Waals surface area contributed by atoms with Crippen molar-refractivity contribution >= 4 is 9.84 Å². The fourth-order valence-electron chi connectivity index (χ4n) is 3.21. The molecule has 1 unspecified atom stereocenters. The Balaban J connectivity index is 2.48. The van der Waals surface area contributed by atoms with Gasteiger partial charge in [0.2, 0.25) is 0 Å². The Morgan fingerprint density at radius 2 is 1.67 bits per heavy atom. The molecular formula is C15H30O2S. The Kier molecular flexibility index (Phi) is 6.16. The molecule has 0 saturated carbocycles. The first-order chi connectivity index (χ1) is 8.43. The molecule has 0 spiro atoms. The maximum absolute atomic E-state index is 11.5. The van der Waals surface area contributed by atoms with Crippen molar-refractivity contribution in [1.82, 2.24) is 0 Å². The summed E-state index contributed by atoms with van der Waals surface area (Å²) in [6.07, 6.45) is 9.49. The second-order valence-electron chi connectivity index (χ2n) is 6.24. The van der Waals surface area contributed by atoms with Crippen LogP contribution in [0.3, 0.4) is 0 Å². The van der Waals surface area contributed by atoms with E-state index in [0.29, 0.717) is 22.8 Å². The third-order valence-corrected chi connectivity index (χ3v) is 6.66. The van der Waals surface area contributed by atoms with Gasteiger partial charge in [-0.15, -0.1) is 0 Å². The number of rotatable bonds is 7. The molecule has 0 amide bonds. The summed E-state index contributed by atoms with van der Waals surface area (Å²) in [5.74, 6) is 1.46. The van der Waals surface area contributed by atoms with Crippen molar-refractivity contribution in [2.75, 3.05) is 11.5 Å². The van der Waals surface area contributed by atoms with Crippen molar-refractivity contribution < 1.29 is 8.42 Å². The number of hydrogen-bond acceptors (Lipinski definition) is 2. The third-order valence-electron chi connectivity index (χ3n) is 4.95. The van der Waals surface area contributed by atoms with Crippen LogP contribution in [0.15, 0.2) is 0 Å². The van der Waals surface area contributed by atoms with Crippen LogP contribution < -0.4 is 0 Å². The lowest BCUT2D eigenvalue weighted by atomic mass is 9.69. The Bertz CT molecular complexity index is 320. The van der Waals surface area contributed by atoms with Gasteiger partial charge in [0.05, 0.1) is 11.5 Å². The number of hydrogen-bond donors (Lipinski definition) is 0. The summed E-state index contributed by atoms with van der Waals surface area (Å²) in [5, 5.41) is 0. The van der Waals surface area contributed by atoms with Crippen molar-refractivity contribution in [2.24, 2.45) is 11.3 Å². The van der Waals surface area contributed by atoms with Gasteiger partial charge in [0, 0.05) is 0 Å².